The zero-order chi connectivity index (χ0) is 18.4. The highest BCUT2D eigenvalue weighted by Gasteiger charge is 2.44. The summed E-state index contributed by atoms with van der Waals surface area (Å²) in [4.78, 5) is 6.75. The molecule has 1 heterocycles. The Morgan fingerprint density at radius 1 is 1.26 bits per heavy atom. The Labute approximate surface area is 180 Å². The summed E-state index contributed by atoms with van der Waals surface area (Å²) in [6.07, 6.45) is 6.06. The zero-order valence-corrected chi connectivity index (χ0v) is 19.2. The Balaban J connectivity index is 0.00000261. The number of hydrogen-bond acceptors (Lipinski definition) is 3. The first-order valence-corrected chi connectivity index (χ1v) is 9.81. The highest BCUT2D eigenvalue weighted by molar-refractivity contribution is 14.0. The molecule has 0 spiro atoms. The highest BCUT2D eigenvalue weighted by atomic mass is 127. The van der Waals surface area contributed by atoms with Gasteiger partial charge >= 0.3 is 0 Å². The van der Waals surface area contributed by atoms with Crippen molar-refractivity contribution in [1.29, 1.82) is 0 Å². The summed E-state index contributed by atoms with van der Waals surface area (Å²) < 4.78 is 10.7. The number of aliphatic imine (C=N–C) groups is 1. The molecule has 3 rings (SSSR count). The van der Waals surface area contributed by atoms with Crippen LogP contribution in [0.3, 0.4) is 0 Å². The predicted molar refractivity (Wildman–Crippen MR) is 121 cm³/mol. The summed E-state index contributed by atoms with van der Waals surface area (Å²) in [6.45, 7) is 3.82. The van der Waals surface area contributed by atoms with Crippen molar-refractivity contribution < 1.29 is 9.47 Å². The van der Waals surface area contributed by atoms with Gasteiger partial charge in [0, 0.05) is 45.8 Å². The molecule has 0 radical (unpaired) electrons. The number of hydrogen-bond donors (Lipinski definition) is 1. The summed E-state index contributed by atoms with van der Waals surface area (Å²) in [5, 5.41) is 3.61. The van der Waals surface area contributed by atoms with Crippen LogP contribution in [0, 0.1) is 5.92 Å². The summed E-state index contributed by atoms with van der Waals surface area (Å²) in [5.74, 6) is 2.70. The molecular formula is C21H34IN3O2. The number of nitrogens with one attached hydrogen (secondary N) is 1. The lowest BCUT2D eigenvalue weighted by atomic mass is 9.96. The second-order valence-electron chi connectivity index (χ2n) is 7.68. The highest BCUT2D eigenvalue weighted by Crippen LogP contribution is 2.47. The van der Waals surface area contributed by atoms with Crippen molar-refractivity contribution in [3.8, 4) is 5.75 Å². The van der Waals surface area contributed by atoms with E-state index in [1.165, 1.54) is 37.7 Å². The van der Waals surface area contributed by atoms with Gasteiger partial charge in [0.1, 0.15) is 5.75 Å². The van der Waals surface area contributed by atoms with Crippen LogP contribution in [-0.4, -0.2) is 58.4 Å². The monoisotopic (exact) mass is 487 g/mol. The molecule has 152 valence electrons. The number of rotatable bonds is 7. The lowest BCUT2D eigenvalue weighted by Gasteiger charge is -2.28. The van der Waals surface area contributed by atoms with Gasteiger partial charge in [0.05, 0.1) is 7.11 Å². The average Bonchev–Trinajstić information content (AvgIpc) is 3.49. The molecule has 0 aromatic heterocycles. The van der Waals surface area contributed by atoms with Gasteiger partial charge in [-0.25, -0.2) is 0 Å². The third-order valence-corrected chi connectivity index (χ3v) is 5.93. The molecule has 0 bridgehead atoms. The SMILES string of the molecule is CN=C(NCC1(c2ccc(OC)cc2)CC1)N(C)CCC1CCOCC1.I. The van der Waals surface area contributed by atoms with Crippen molar-refractivity contribution >= 4 is 29.9 Å². The topological polar surface area (TPSA) is 46.1 Å². The lowest BCUT2D eigenvalue weighted by molar-refractivity contribution is 0.0625. The van der Waals surface area contributed by atoms with Gasteiger partial charge in [-0.05, 0) is 55.7 Å². The summed E-state index contributed by atoms with van der Waals surface area (Å²) in [6, 6.07) is 8.52. The van der Waals surface area contributed by atoms with Crippen LogP contribution in [-0.2, 0) is 10.2 Å². The van der Waals surface area contributed by atoms with Crippen LogP contribution in [0.25, 0.3) is 0 Å². The molecule has 1 aliphatic heterocycles. The maximum atomic E-state index is 5.46. The third-order valence-electron chi connectivity index (χ3n) is 5.93. The maximum absolute atomic E-state index is 5.46. The second-order valence-corrected chi connectivity index (χ2v) is 7.68. The number of guanidine groups is 1. The minimum Gasteiger partial charge on any atom is -0.497 e. The maximum Gasteiger partial charge on any atom is 0.193 e. The number of ether oxygens (including phenoxy) is 2. The minimum atomic E-state index is 0. The molecule has 5 nitrogen and oxygen atoms in total. The largest absolute Gasteiger partial charge is 0.497 e. The van der Waals surface area contributed by atoms with E-state index in [1.54, 1.807) is 7.11 Å². The molecule has 6 heteroatoms. The van der Waals surface area contributed by atoms with E-state index in [-0.39, 0.29) is 29.4 Å². The Bertz CT molecular complexity index is 596. The van der Waals surface area contributed by atoms with E-state index in [2.05, 4.69) is 46.5 Å². The standard InChI is InChI=1S/C21H33N3O2.HI/c1-22-20(24(2)13-8-17-9-14-26-15-10-17)23-16-21(11-12-21)18-4-6-19(25-3)7-5-18;/h4-7,17H,8-16H2,1-3H3,(H,22,23);1H. The summed E-state index contributed by atoms with van der Waals surface area (Å²) in [7, 11) is 5.73. The molecule has 1 saturated heterocycles. The normalized spacial score (nSPS) is 19.1. The molecule has 1 saturated carbocycles. The first-order valence-electron chi connectivity index (χ1n) is 9.81. The number of halogens is 1. The smallest absolute Gasteiger partial charge is 0.193 e. The van der Waals surface area contributed by atoms with Crippen molar-refractivity contribution in [2.75, 3.05) is 47.5 Å². The predicted octanol–water partition coefficient (Wildman–Crippen LogP) is 3.67. The Hall–Kier alpha value is -1.02. The van der Waals surface area contributed by atoms with E-state index in [4.69, 9.17) is 9.47 Å². The molecule has 0 amide bonds. The fraction of sp³-hybridized carbons (Fsp3) is 0.667. The molecule has 2 aliphatic rings. The number of nitrogens with zero attached hydrogens (tertiary/aromatic N) is 2. The molecule has 1 N–H and O–H groups in total. The van der Waals surface area contributed by atoms with E-state index in [9.17, 15) is 0 Å². The van der Waals surface area contributed by atoms with Crippen molar-refractivity contribution in [2.45, 2.75) is 37.5 Å². The lowest BCUT2D eigenvalue weighted by Crippen LogP contribution is -2.43. The van der Waals surface area contributed by atoms with E-state index < -0.39 is 0 Å². The Morgan fingerprint density at radius 3 is 2.48 bits per heavy atom. The fourth-order valence-electron chi connectivity index (χ4n) is 3.81. The molecule has 1 aromatic carbocycles. The van der Waals surface area contributed by atoms with Gasteiger partial charge in [-0.1, -0.05) is 12.1 Å². The van der Waals surface area contributed by atoms with Gasteiger partial charge in [-0.15, -0.1) is 24.0 Å². The Morgan fingerprint density at radius 2 is 1.93 bits per heavy atom. The van der Waals surface area contributed by atoms with Gasteiger partial charge in [-0.3, -0.25) is 4.99 Å². The number of methoxy groups -OCH3 is 1. The Kier molecular flexibility index (Phi) is 8.66. The number of benzene rings is 1. The van der Waals surface area contributed by atoms with Gasteiger partial charge in [0.25, 0.3) is 0 Å². The van der Waals surface area contributed by atoms with E-state index >= 15 is 0 Å². The molecule has 2 fully saturated rings. The van der Waals surface area contributed by atoms with Gasteiger partial charge in [-0.2, -0.15) is 0 Å². The van der Waals surface area contributed by atoms with Gasteiger partial charge < -0.3 is 19.7 Å². The van der Waals surface area contributed by atoms with Crippen LogP contribution in [0.5, 0.6) is 5.75 Å². The molecule has 1 aliphatic carbocycles. The first kappa shape index (κ1) is 22.3. The molecule has 27 heavy (non-hydrogen) atoms. The van der Waals surface area contributed by atoms with Crippen molar-refractivity contribution in [2.24, 2.45) is 10.9 Å². The second kappa shape index (κ2) is 10.5. The molecule has 1 aromatic rings. The van der Waals surface area contributed by atoms with Crippen molar-refractivity contribution in [3.63, 3.8) is 0 Å². The van der Waals surface area contributed by atoms with E-state index in [0.717, 1.165) is 43.9 Å². The van der Waals surface area contributed by atoms with Gasteiger partial charge in [0.15, 0.2) is 5.96 Å². The van der Waals surface area contributed by atoms with Crippen LogP contribution in [0.15, 0.2) is 29.3 Å². The third kappa shape index (κ3) is 5.98. The van der Waals surface area contributed by atoms with E-state index in [1.807, 2.05) is 7.05 Å². The quantitative estimate of drug-likeness (QED) is 0.362. The summed E-state index contributed by atoms with van der Waals surface area (Å²) >= 11 is 0. The minimum absolute atomic E-state index is 0. The molecular weight excluding hydrogens is 453 g/mol. The van der Waals surface area contributed by atoms with E-state index in [0.29, 0.717) is 0 Å². The fourth-order valence-corrected chi connectivity index (χ4v) is 3.81. The van der Waals surface area contributed by atoms with Crippen LogP contribution < -0.4 is 10.1 Å². The summed E-state index contributed by atoms with van der Waals surface area (Å²) in [5.41, 5.74) is 1.65. The average molecular weight is 487 g/mol. The molecule has 0 unspecified atom stereocenters. The first-order chi connectivity index (χ1) is 12.7. The van der Waals surface area contributed by atoms with Crippen molar-refractivity contribution in [3.05, 3.63) is 29.8 Å². The van der Waals surface area contributed by atoms with Gasteiger partial charge in [0.2, 0.25) is 0 Å². The van der Waals surface area contributed by atoms with Crippen molar-refractivity contribution in [1.82, 2.24) is 10.2 Å². The zero-order valence-electron chi connectivity index (χ0n) is 16.9. The molecule has 0 atom stereocenters. The van der Waals surface area contributed by atoms with Crippen LogP contribution >= 0.6 is 24.0 Å². The van der Waals surface area contributed by atoms with Crippen LogP contribution in [0.1, 0.15) is 37.7 Å². The van der Waals surface area contributed by atoms with Crippen LogP contribution in [0.2, 0.25) is 0 Å². The van der Waals surface area contributed by atoms with Crippen LogP contribution in [0.4, 0.5) is 0 Å².